The van der Waals surface area contributed by atoms with Crippen LogP contribution in [-0.4, -0.2) is 23.6 Å². The molecule has 0 bridgehead atoms. The molecule has 1 unspecified atom stereocenters. The molecule has 0 aromatic carbocycles. The first-order valence-electron chi connectivity index (χ1n) is 11.0. The molecule has 0 amide bonds. The fraction of sp³-hybridized carbons (Fsp3) is 0.952. The Morgan fingerprint density at radius 2 is 1.22 bits per heavy atom. The molecule has 5 nitrogen and oxygen atoms in total. The number of hydrogen-bond acceptors (Lipinski definition) is 4. The zero-order chi connectivity index (χ0) is 20.8. The predicted molar refractivity (Wildman–Crippen MR) is 110 cm³/mol. The van der Waals surface area contributed by atoms with E-state index in [-0.39, 0.29) is 12.8 Å². The van der Waals surface area contributed by atoms with Gasteiger partial charge in [0.2, 0.25) is 10.7 Å². The van der Waals surface area contributed by atoms with Gasteiger partial charge in [-0.05, 0) is 12.3 Å². The molecule has 0 aromatic heterocycles. The van der Waals surface area contributed by atoms with Crippen LogP contribution in [0.2, 0.25) is 0 Å². The predicted octanol–water partition coefficient (Wildman–Crippen LogP) is 4.57. The topological polar surface area (TPSA) is 102 Å². The van der Waals surface area contributed by atoms with Crippen LogP contribution >= 0.6 is 0 Å². The number of Topliss-reactive ketones (excluding diaryl/α,β-unsaturated/α-hetero) is 1. The van der Waals surface area contributed by atoms with E-state index >= 15 is 0 Å². The molecule has 1 atom stereocenters. The van der Waals surface area contributed by atoms with E-state index in [1.807, 2.05) is 0 Å². The second-order valence-corrected chi connectivity index (χ2v) is 10.1. The Morgan fingerprint density at radius 1 is 0.852 bits per heavy atom. The maximum atomic E-state index is 12.0. The summed E-state index contributed by atoms with van der Waals surface area (Å²) in [7, 11) is -4.70. The summed E-state index contributed by atoms with van der Waals surface area (Å²) in [6.07, 6.45) is 15.8. The van der Waals surface area contributed by atoms with Gasteiger partial charge in [0.15, 0.2) is 10.1 Å². The largest absolute Gasteiger partial charge is 0.743 e. The van der Waals surface area contributed by atoms with Crippen molar-refractivity contribution in [3.05, 3.63) is 0 Å². The lowest BCUT2D eigenvalue weighted by Crippen LogP contribution is -2.79. The lowest BCUT2D eigenvalue weighted by molar-refractivity contribution is -0.426. The number of rotatable bonds is 18. The third-order valence-electron chi connectivity index (χ3n) is 5.49. The van der Waals surface area contributed by atoms with Crippen molar-refractivity contribution in [1.82, 2.24) is 0 Å². The lowest BCUT2D eigenvalue weighted by Gasteiger charge is -2.25. The number of carbonyl (C=O) groups is 1. The molecular weight excluding hydrogens is 362 g/mol. The van der Waals surface area contributed by atoms with Gasteiger partial charge in [-0.1, -0.05) is 97.8 Å². The van der Waals surface area contributed by atoms with Crippen molar-refractivity contribution >= 4 is 15.9 Å². The van der Waals surface area contributed by atoms with E-state index in [1.54, 1.807) is 0 Å². The zero-order valence-electron chi connectivity index (χ0n) is 17.9. The maximum Gasteiger partial charge on any atom is 0.242 e. The highest BCUT2D eigenvalue weighted by Gasteiger charge is 2.42. The van der Waals surface area contributed by atoms with Crippen LogP contribution in [0, 0.1) is 5.92 Å². The van der Waals surface area contributed by atoms with Gasteiger partial charge in [0, 0.05) is 12.8 Å². The van der Waals surface area contributed by atoms with Crippen molar-refractivity contribution in [3.63, 3.8) is 0 Å². The van der Waals surface area contributed by atoms with Crippen LogP contribution in [0.3, 0.4) is 0 Å². The zero-order valence-corrected chi connectivity index (χ0v) is 18.7. The van der Waals surface area contributed by atoms with Gasteiger partial charge < -0.3 is 10.3 Å². The van der Waals surface area contributed by atoms with Crippen LogP contribution in [0.15, 0.2) is 0 Å². The number of unbranched alkanes of at least 4 members (excludes halogenated alkanes) is 11. The lowest BCUT2D eigenvalue weighted by atomic mass is 10.0. The fourth-order valence-corrected chi connectivity index (χ4v) is 4.08. The molecule has 0 aliphatic rings. The molecule has 0 aliphatic carbocycles. The Labute approximate surface area is 167 Å². The van der Waals surface area contributed by atoms with E-state index in [1.165, 1.54) is 64.7 Å². The molecule has 0 saturated carbocycles. The Hall–Kier alpha value is -0.460. The highest BCUT2D eigenvalue weighted by molar-refractivity contribution is 7.87. The molecular formula is C21H43NO4S. The summed E-state index contributed by atoms with van der Waals surface area (Å²) in [6, 6.07) is 0. The Morgan fingerprint density at radius 3 is 1.56 bits per heavy atom. The minimum atomic E-state index is -4.70. The minimum absolute atomic E-state index is 0.0601. The van der Waals surface area contributed by atoms with Crippen LogP contribution in [0.25, 0.3) is 0 Å². The smallest absolute Gasteiger partial charge is 0.242 e. The molecule has 27 heavy (non-hydrogen) atoms. The fourth-order valence-electron chi connectivity index (χ4n) is 3.35. The molecule has 0 spiro atoms. The molecule has 162 valence electrons. The second-order valence-electron chi connectivity index (χ2n) is 8.40. The first-order chi connectivity index (χ1) is 12.6. The van der Waals surface area contributed by atoms with Crippen LogP contribution in [0.4, 0.5) is 0 Å². The Kier molecular flexibility index (Phi) is 14.3. The highest BCUT2D eigenvalue weighted by Crippen LogP contribution is 2.18. The first kappa shape index (κ1) is 26.5. The summed E-state index contributed by atoms with van der Waals surface area (Å²) < 4.78 is 33.7. The molecule has 0 aromatic rings. The van der Waals surface area contributed by atoms with Crippen molar-refractivity contribution in [2.24, 2.45) is 5.92 Å². The van der Waals surface area contributed by atoms with E-state index in [2.05, 4.69) is 19.6 Å². The monoisotopic (exact) mass is 405 g/mol. The average Bonchev–Trinajstić information content (AvgIpc) is 2.59. The summed E-state index contributed by atoms with van der Waals surface area (Å²) >= 11 is 0. The molecule has 0 fully saturated rings. The van der Waals surface area contributed by atoms with Gasteiger partial charge >= 0.3 is 0 Å². The van der Waals surface area contributed by atoms with Crippen molar-refractivity contribution in [2.45, 2.75) is 122 Å². The van der Waals surface area contributed by atoms with E-state index in [4.69, 9.17) is 0 Å². The average molecular weight is 406 g/mol. The SMILES string of the molecule is CCC([NH3+])(C(=O)CCCCCCCCCCCCCCC(C)C)S(=O)(=O)[O-]. The normalized spacial score (nSPS) is 14.4. The van der Waals surface area contributed by atoms with E-state index < -0.39 is 20.8 Å². The summed E-state index contributed by atoms with van der Waals surface area (Å²) in [5.41, 5.74) is 3.40. The summed E-state index contributed by atoms with van der Waals surface area (Å²) in [6.45, 7) is 6.09. The van der Waals surface area contributed by atoms with Gasteiger partial charge in [-0.2, -0.15) is 0 Å². The van der Waals surface area contributed by atoms with Crippen molar-refractivity contribution in [2.75, 3.05) is 0 Å². The van der Waals surface area contributed by atoms with Gasteiger partial charge in [-0.15, -0.1) is 0 Å². The van der Waals surface area contributed by atoms with Crippen molar-refractivity contribution in [3.8, 4) is 0 Å². The van der Waals surface area contributed by atoms with Gasteiger partial charge in [0.25, 0.3) is 0 Å². The van der Waals surface area contributed by atoms with Crippen LogP contribution in [-0.2, 0) is 14.9 Å². The third-order valence-corrected chi connectivity index (χ3v) is 6.97. The maximum absolute atomic E-state index is 12.0. The van der Waals surface area contributed by atoms with Crippen LogP contribution in [0.1, 0.15) is 117 Å². The molecule has 3 N–H and O–H groups in total. The first-order valence-corrected chi connectivity index (χ1v) is 12.4. The van der Waals surface area contributed by atoms with Crippen molar-refractivity contribution < 1.29 is 23.5 Å². The quantitative estimate of drug-likeness (QED) is 0.266. The van der Waals surface area contributed by atoms with E-state index in [0.29, 0.717) is 6.42 Å². The second kappa shape index (κ2) is 14.5. The Bertz CT molecular complexity index is 490. The standard InChI is InChI=1S/C21H43NO4S/c1-4-21(22,27(24,25)26)20(23)18-16-14-12-10-8-6-5-7-9-11-13-15-17-19(2)3/h19H,4-18,22H2,1-3H3,(H,24,25,26). The number of carbonyl (C=O) groups excluding carboxylic acids is 1. The summed E-state index contributed by atoms with van der Waals surface area (Å²) in [4.78, 5) is 10.0. The molecule has 0 rings (SSSR count). The van der Waals surface area contributed by atoms with Gasteiger partial charge in [-0.25, -0.2) is 8.42 Å². The number of hydrogen-bond donors (Lipinski definition) is 1. The minimum Gasteiger partial charge on any atom is -0.743 e. The molecule has 0 radical (unpaired) electrons. The molecule has 0 heterocycles. The van der Waals surface area contributed by atoms with Gasteiger partial charge in [-0.3, -0.25) is 4.79 Å². The highest BCUT2D eigenvalue weighted by atomic mass is 32.2. The molecule has 0 saturated heterocycles. The van der Waals surface area contributed by atoms with Gasteiger partial charge in [0.05, 0.1) is 0 Å². The third kappa shape index (κ3) is 11.9. The number of quaternary nitrogens is 1. The van der Waals surface area contributed by atoms with Crippen LogP contribution in [0.5, 0.6) is 0 Å². The van der Waals surface area contributed by atoms with Crippen LogP contribution < -0.4 is 5.73 Å². The molecule has 6 heteroatoms. The van der Waals surface area contributed by atoms with E-state index in [9.17, 15) is 17.8 Å². The summed E-state index contributed by atoms with van der Waals surface area (Å²) in [5, 5.41) is 0. The summed E-state index contributed by atoms with van der Waals surface area (Å²) in [5.74, 6) is 0.295. The van der Waals surface area contributed by atoms with E-state index in [0.717, 1.165) is 25.2 Å². The van der Waals surface area contributed by atoms with Gasteiger partial charge in [0.1, 0.15) is 0 Å². The van der Waals surface area contributed by atoms with Crippen molar-refractivity contribution in [1.29, 1.82) is 0 Å². The molecule has 0 aliphatic heterocycles. The number of ketones is 1. The Balaban J connectivity index is 3.54.